The van der Waals surface area contributed by atoms with Gasteiger partial charge in [-0.15, -0.1) is 11.3 Å². The molecule has 1 aliphatic rings. The molecule has 3 rings (SSSR count). The molecule has 0 aromatic carbocycles. The third-order valence-electron chi connectivity index (χ3n) is 4.74. The van der Waals surface area contributed by atoms with Gasteiger partial charge in [0.1, 0.15) is 0 Å². The lowest BCUT2D eigenvalue weighted by Gasteiger charge is -2.16. The van der Waals surface area contributed by atoms with E-state index in [2.05, 4.69) is 20.8 Å². The Morgan fingerprint density at radius 2 is 2.08 bits per heavy atom. The fourth-order valence-electron chi connectivity index (χ4n) is 3.31. The van der Waals surface area contributed by atoms with Crippen molar-refractivity contribution in [3.63, 3.8) is 0 Å². The molecule has 6 nitrogen and oxygen atoms in total. The van der Waals surface area contributed by atoms with Crippen molar-refractivity contribution < 1.29 is 9.32 Å². The highest BCUT2D eigenvalue weighted by Crippen LogP contribution is 2.21. The van der Waals surface area contributed by atoms with Crippen molar-refractivity contribution in [2.45, 2.75) is 63.8 Å². The number of hydrogen-bond acceptors (Lipinski definition) is 6. The molecule has 1 fully saturated rings. The number of aromatic nitrogens is 2. The molecule has 1 aliphatic carbocycles. The van der Waals surface area contributed by atoms with Crippen LogP contribution in [0.15, 0.2) is 22.0 Å². The van der Waals surface area contributed by atoms with Gasteiger partial charge in [0.25, 0.3) is 0 Å². The zero-order valence-electron chi connectivity index (χ0n) is 15.2. The lowest BCUT2D eigenvalue weighted by molar-refractivity contribution is -0.121. The molecule has 2 heterocycles. The van der Waals surface area contributed by atoms with Gasteiger partial charge in [0.05, 0.1) is 4.88 Å². The molecule has 0 saturated heterocycles. The van der Waals surface area contributed by atoms with Crippen molar-refractivity contribution in [1.82, 2.24) is 20.8 Å². The molecule has 2 aromatic heterocycles. The molecule has 0 radical (unpaired) electrons. The highest BCUT2D eigenvalue weighted by atomic mass is 32.1. The standard InChI is InChI=1S/C19H28N4O2S/c24-17(21-13-12-20-15-7-3-1-2-4-8-15)10-5-11-18-22-19(23-25-18)16-9-6-14-26-16/h6,9,14-15,20H,1-5,7-8,10-13H2,(H,21,24). The van der Waals surface area contributed by atoms with Crippen molar-refractivity contribution >= 4 is 17.2 Å². The predicted molar refractivity (Wildman–Crippen MR) is 103 cm³/mol. The second-order valence-corrected chi connectivity index (χ2v) is 7.78. The number of rotatable bonds is 9. The molecular weight excluding hydrogens is 348 g/mol. The summed E-state index contributed by atoms with van der Waals surface area (Å²) < 4.78 is 5.25. The van der Waals surface area contributed by atoms with Crippen LogP contribution in [0.5, 0.6) is 0 Å². The zero-order chi connectivity index (χ0) is 18.0. The number of thiophene rings is 1. The van der Waals surface area contributed by atoms with Crippen LogP contribution in [-0.2, 0) is 11.2 Å². The zero-order valence-corrected chi connectivity index (χ0v) is 16.0. The minimum Gasteiger partial charge on any atom is -0.355 e. The number of hydrogen-bond donors (Lipinski definition) is 2. The van der Waals surface area contributed by atoms with Crippen molar-refractivity contribution in [1.29, 1.82) is 0 Å². The predicted octanol–water partition coefficient (Wildman–Crippen LogP) is 3.55. The van der Waals surface area contributed by atoms with Crippen LogP contribution in [0.25, 0.3) is 10.7 Å². The Labute approximate surface area is 158 Å². The van der Waals surface area contributed by atoms with E-state index < -0.39 is 0 Å². The quantitative estimate of drug-likeness (QED) is 0.517. The molecule has 26 heavy (non-hydrogen) atoms. The van der Waals surface area contributed by atoms with E-state index in [0.29, 0.717) is 43.6 Å². The van der Waals surface area contributed by atoms with E-state index in [9.17, 15) is 4.79 Å². The van der Waals surface area contributed by atoms with Crippen LogP contribution in [0.1, 0.15) is 57.3 Å². The highest BCUT2D eigenvalue weighted by molar-refractivity contribution is 7.13. The van der Waals surface area contributed by atoms with Crippen molar-refractivity contribution in [2.24, 2.45) is 0 Å². The molecule has 0 atom stereocenters. The average Bonchev–Trinajstić information content (AvgIpc) is 3.26. The van der Waals surface area contributed by atoms with Crippen LogP contribution >= 0.6 is 11.3 Å². The SMILES string of the molecule is O=C(CCCc1nc(-c2cccs2)no1)NCCNC1CCCCCC1. The van der Waals surface area contributed by atoms with Gasteiger partial charge in [-0.3, -0.25) is 4.79 Å². The topological polar surface area (TPSA) is 80.0 Å². The van der Waals surface area contributed by atoms with Gasteiger partial charge in [0, 0.05) is 32.0 Å². The Morgan fingerprint density at radius 1 is 1.23 bits per heavy atom. The maximum Gasteiger partial charge on any atom is 0.226 e. The van der Waals surface area contributed by atoms with Gasteiger partial charge < -0.3 is 15.2 Å². The summed E-state index contributed by atoms with van der Waals surface area (Å²) in [6.45, 7) is 1.54. The fourth-order valence-corrected chi connectivity index (χ4v) is 3.96. The summed E-state index contributed by atoms with van der Waals surface area (Å²) >= 11 is 1.59. The summed E-state index contributed by atoms with van der Waals surface area (Å²) in [5.74, 6) is 1.31. The maximum atomic E-state index is 11.9. The van der Waals surface area contributed by atoms with Crippen LogP contribution in [0.2, 0.25) is 0 Å². The molecule has 0 aliphatic heterocycles. The summed E-state index contributed by atoms with van der Waals surface area (Å²) in [4.78, 5) is 17.3. The lowest BCUT2D eigenvalue weighted by Crippen LogP contribution is -2.36. The largest absolute Gasteiger partial charge is 0.355 e. The number of carbonyl (C=O) groups excluding carboxylic acids is 1. The van der Waals surface area contributed by atoms with Crippen LogP contribution in [0, 0.1) is 0 Å². The van der Waals surface area contributed by atoms with Gasteiger partial charge in [-0.1, -0.05) is 36.9 Å². The van der Waals surface area contributed by atoms with Crippen molar-refractivity contribution in [3.8, 4) is 10.7 Å². The van der Waals surface area contributed by atoms with E-state index >= 15 is 0 Å². The second kappa shape index (κ2) is 10.4. The Morgan fingerprint density at radius 3 is 2.85 bits per heavy atom. The summed E-state index contributed by atoms with van der Waals surface area (Å²) in [5, 5.41) is 12.5. The van der Waals surface area contributed by atoms with E-state index in [1.165, 1.54) is 38.5 Å². The van der Waals surface area contributed by atoms with Gasteiger partial charge in [-0.25, -0.2) is 0 Å². The van der Waals surface area contributed by atoms with Crippen LogP contribution < -0.4 is 10.6 Å². The third kappa shape index (κ3) is 6.21. The van der Waals surface area contributed by atoms with Crippen molar-refractivity contribution in [2.75, 3.05) is 13.1 Å². The minimum absolute atomic E-state index is 0.0886. The minimum atomic E-state index is 0.0886. The van der Waals surface area contributed by atoms with E-state index in [-0.39, 0.29) is 5.91 Å². The first-order valence-corrected chi connectivity index (χ1v) is 10.6. The molecular formula is C19H28N4O2S. The summed E-state index contributed by atoms with van der Waals surface area (Å²) in [7, 11) is 0. The number of aryl methyl sites for hydroxylation is 1. The van der Waals surface area contributed by atoms with Crippen molar-refractivity contribution in [3.05, 3.63) is 23.4 Å². The summed E-state index contributed by atoms with van der Waals surface area (Å²) in [5.41, 5.74) is 0. The van der Waals surface area contributed by atoms with Crippen LogP contribution in [0.3, 0.4) is 0 Å². The lowest BCUT2D eigenvalue weighted by atomic mass is 10.1. The Bertz CT molecular complexity index is 648. The normalized spacial score (nSPS) is 15.7. The Hall–Kier alpha value is -1.73. The molecule has 7 heteroatoms. The molecule has 2 aromatic rings. The smallest absolute Gasteiger partial charge is 0.226 e. The van der Waals surface area contributed by atoms with E-state index in [1.807, 2.05) is 17.5 Å². The van der Waals surface area contributed by atoms with E-state index in [0.717, 1.165) is 11.4 Å². The first-order chi connectivity index (χ1) is 12.8. The maximum absolute atomic E-state index is 11.9. The average molecular weight is 377 g/mol. The Kier molecular flexibility index (Phi) is 7.64. The van der Waals surface area contributed by atoms with Crippen LogP contribution in [-0.4, -0.2) is 35.2 Å². The van der Waals surface area contributed by atoms with Gasteiger partial charge in [0.15, 0.2) is 0 Å². The van der Waals surface area contributed by atoms with E-state index in [4.69, 9.17) is 4.52 Å². The number of nitrogens with zero attached hydrogens (tertiary/aromatic N) is 2. The second-order valence-electron chi connectivity index (χ2n) is 6.84. The van der Waals surface area contributed by atoms with Crippen LogP contribution in [0.4, 0.5) is 0 Å². The first-order valence-electron chi connectivity index (χ1n) is 9.68. The van der Waals surface area contributed by atoms with Gasteiger partial charge >= 0.3 is 0 Å². The molecule has 2 N–H and O–H groups in total. The molecule has 0 bridgehead atoms. The summed E-state index contributed by atoms with van der Waals surface area (Å²) in [6.07, 6.45) is 9.76. The molecule has 142 valence electrons. The number of nitrogens with one attached hydrogen (secondary N) is 2. The number of amides is 1. The number of carbonyl (C=O) groups is 1. The molecule has 0 spiro atoms. The molecule has 1 saturated carbocycles. The van der Waals surface area contributed by atoms with E-state index in [1.54, 1.807) is 11.3 Å². The van der Waals surface area contributed by atoms with Gasteiger partial charge in [-0.05, 0) is 30.7 Å². The first kappa shape index (κ1) is 19.0. The monoisotopic (exact) mass is 376 g/mol. The Balaban J connectivity index is 1.26. The van der Waals surface area contributed by atoms with Gasteiger partial charge in [0.2, 0.25) is 17.6 Å². The summed E-state index contributed by atoms with van der Waals surface area (Å²) in [6, 6.07) is 4.56. The third-order valence-corrected chi connectivity index (χ3v) is 5.61. The molecule has 1 amide bonds. The molecule has 0 unspecified atom stereocenters. The highest BCUT2D eigenvalue weighted by Gasteiger charge is 2.12. The van der Waals surface area contributed by atoms with Gasteiger partial charge in [-0.2, -0.15) is 4.98 Å². The fraction of sp³-hybridized carbons (Fsp3) is 0.632.